The van der Waals surface area contributed by atoms with Gasteiger partial charge in [-0.3, -0.25) is 0 Å². The van der Waals surface area contributed by atoms with E-state index in [2.05, 4.69) is 15.3 Å². The van der Waals surface area contributed by atoms with E-state index in [4.69, 9.17) is 4.74 Å². The topological polar surface area (TPSA) is 67.4 Å². The van der Waals surface area contributed by atoms with Gasteiger partial charge in [-0.2, -0.15) is 13.2 Å². The first-order chi connectivity index (χ1) is 13.1. The zero-order valence-electron chi connectivity index (χ0n) is 16.1. The molecule has 4 rings (SSSR count). The number of hydrogen-bond acceptors (Lipinski definition) is 4. The largest absolute Gasteiger partial charge is 0.433 e. The predicted molar refractivity (Wildman–Crippen MR) is 94.2 cm³/mol. The number of halogens is 3. The molecule has 2 amide bonds. The van der Waals surface area contributed by atoms with Crippen LogP contribution in [-0.4, -0.2) is 45.2 Å². The fourth-order valence-corrected chi connectivity index (χ4v) is 5.22. The molecule has 154 valence electrons. The van der Waals surface area contributed by atoms with Crippen LogP contribution in [0.5, 0.6) is 0 Å². The number of nitrogens with zero attached hydrogens (tertiary/aromatic N) is 3. The van der Waals surface area contributed by atoms with E-state index in [9.17, 15) is 18.0 Å². The van der Waals surface area contributed by atoms with E-state index in [1.807, 2.05) is 13.8 Å². The van der Waals surface area contributed by atoms with Crippen LogP contribution in [-0.2, 0) is 17.5 Å². The van der Waals surface area contributed by atoms with Crippen molar-refractivity contribution in [3.8, 4) is 0 Å². The Balaban J connectivity index is 1.43. The molecule has 2 heterocycles. The number of carbonyl (C=O) groups is 1. The molecule has 1 aromatic rings. The fourth-order valence-electron chi connectivity index (χ4n) is 5.22. The van der Waals surface area contributed by atoms with Crippen LogP contribution in [0.4, 0.5) is 18.0 Å². The standard InChI is InChI=1S/C19H25F3N4O2/c1-17(2)10-26(11-18(28-17)8-12-3-4-13(18)7-12)16(27)24-9-15-23-6-5-14(25-15)19(20,21)22/h5-6,12-13H,3-4,7-11H2,1-2H3,(H,24,27)/t12-,13+,18+/m1/s1. The first kappa shape index (κ1) is 19.4. The summed E-state index contributed by atoms with van der Waals surface area (Å²) in [6.07, 6.45) is 1.01. The quantitative estimate of drug-likeness (QED) is 0.830. The molecule has 0 radical (unpaired) electrons. The highest BCUT2D eigenvalue weighted by atomic mass is 19.4. The normalized spacial score (nSPS) is 31.4. The lowest BCUT2D eigenvalue weighted by Gasteiger charge is -2.52. The number of aromatic nitrogens is 2. The first-order valence-electron chi connectivity index (χ1n) is 9.68. The minimum Gasteiger partial charge on any atom is -0.365 e. The predicted octanol–water partition coefficient (Wildman–Crippen LogP) is 3.37. The maximum absolute atomic E-state index is 12.8. The number of fused-ring (bicyclic) bond motifs is 3. The smallest absolute Gasteiger partial charge is 0.365 e. The van der Waals surface area contributed by atoms with Crippen molar-refractivity contribution in [3.05, 3.63) is 23.8 Å². The molecular formula is C19H25F3N4O2. The van der Waals surface area contributed by atoms with Gasteiger partial charge in [0.25, 0.3) is 0 Å². The second kappa shape index (κ2) is 6.57. The Morgan fingerprint density at radius 2 is 2.14 bits per heavy atom. The minimum absolute atomic E-state index is 0.0645. The van der Waals surface area contributed by atoms with Gasteiger partial charge >= 0.3 is 12.2 Å². The number of nitrogens with one attached hydrogen (secondary N) is 1. The van der Waals surface area contributed by atoms with Crippen molar-refractivity contribution >= 4 is 6.03 Å². The average molecular weight is 398 g/mol. The molecule has 1 aromatic heterocycles. The molecule has 1 aliphatic heterocycles. The number of carbonyl (C=O) groups excluding carboxylic acids is 1. The molecular weight excluding hydrogens is 373 g/mol. The molecule has 28 heavy (non-hydrogen) atoms. The molecule has 2 bridgehead atoms. The fraction of sp³-hybridized carbons (Fsp3) is 0.737. The highest BCUT2D eigenvalue weighted by Gasteiger charge is 2.57. The molecule has 1 N–H and O–H groups in total. The SMILES string of the molecule is CC1(C)CN(C(=O)NCc2nccc(C(F)(F)F)n2)C[C@]2(C[C@@H]3CC[C@H]2C3)O1. The van der Waals surface area contributed by atoms with Gasteiger partial charge in [-0.1, -0.05) is 0 Å². The summed E-state index contributed by atoms with van der Waals surface area (Å²) in [5, 5.41) is 2.67. The Kier molecular flexibility index (Phi) is 4.56. The van der Waals surface area contributed by atoms with E-state index in [-0.39, 0.29) is 24.0 Å². The Hall–Kier alpha value is -1.90. The zero-order chi connectivity index (χ0) is 20.2. The highest BCUT2D eigenvalue weighted by molar-refractivity contribution is 5.74. The van der Waals surface area contributed by atoms with Gasteiger partial charge in [0.1, 0.15) is 11.5 Å². The van der Waals surface area contributed by atoms with E-state index in [0.717, 1.165) is 31.5 Å². The molecule has 3 fully saturated rings. The van der Waals surface area contributed by atoms with Gasteiger partial charge in [-0.25, -0.2) is 14.8 Å². The Morgan fingerprint density at radius 3 is 2.79 bits per heavy atom. The van der Waals surface area contributed by atoms with Gasteiger partial charge in [-0.05, 0) is 57.4 Å². The lowest BCUT2D eigenvalue weighted by Crippen LogP contribution is -2.64. The first-order valence-corrected chi connectivity index (χ1v) is 9.68. The second-order valence-electron chi connectivity index (χ2n) is 8.88. The van der Waals surface area contributed by atoms with Crippen LogP contribution in [0.3, 0.4) is 0 Å². The minimum atomic E-state index is -4.54. The van der Waals surface area contributed by atoms with Crippen LogP contribution in [0.25, 0.3) is 0 Å². The van der Waals surface area contributed by atoms with Gasteiger partial charge in [0.05, 0.1) is 30.8 Å². The maximum atomic E-state index is 12.8. The van der Waals surface area contributed by atoms with Crippen LogP contribution in [0.2, 0.25) is 0 Å². The van der Waals surface area contributed by atoms with Crippen molar-refractivity contribution in [1.82, 2.24) is 20.2 Å². The van der Waals surface area contributed by atoms with Crippen LogP contribution >= 0.6 is 0 Å². The van der Waals surface area contributed by atoms with Crippen molar-refractivity contribution in [2.75, 3.05) is 13.1 Å². The Bertz CT molecular complexity index is 770. The third-order valence-corrected chi connectivity index (χ3v) is 6.11. The molecule has 6 nitrogen and oxygen atoms in total. The lowest BCUT2D eigenvalue weighted by molar-refractivity contribution is -0.208. The molecule has 3 atom stereocenters. The van der Waals surface area contributed by atoms with Crippen LogP contribution in [0, 0.1) is 11.8 Å². The van der Waals surface area contributed by atoms with Crippen molar-refractivity contribution in [1.29, 1.82) is 0 Å². The molecule has 1 spiro atoms. The molecule has 3 aliphatic rings. The third-order valence-electron chi connectivity index (χ3n) is 6.11. The monoisotopic (exact) mass is 398 g/mol. The molecule has 2 aliphatic carbocycles. The van der Waals surface area contributed by atoms with Crippen LogP contribution < -0.4 is 5.32 Å². The molecule has 0 aromatic carbocycles. The molecule has 0 unspecified atom stereocenters. The number of urea groups is 1. The summed E-state index contributed by atoms with van der Waals surface area (Å²) in [6.45, 7) is 4.76. The van der Waals surface area contributed by atoms with Gasteiger partial charge < -0.3 is 15.0 Å². The summed E-state index contributed by atoms with van der Waals surface area (Å²) in [4.78, 5) is 21.8. The molecule has 9 heteroatoms. The van der Waals surface area contributed by atoms with Crippen molar-refractivity contribution in [3.63, 3.8) is 0 Å². The van der Waals surface area contributed by atoms with Crippen molar-refractivity contribution < 1.29 is 22.7 Å². The third kappa shape index (κ3) is 3.68. The van der Waals surface area contributed by atoms with Gasteiger partial charge in [0.15, 0.2) is 0 Å². The van der Waals surface area contributed by atoms with Gasteiger partial charge in [0, 0.05) is 6.20 Å². The average Bonchev–Trinajstić information content (AvgIpc) is 3.18. The summed E-state index contributed by atoms with van der Waals surface area (Å²) >= 11 is 0. The van der Waals surface area contributed by atoms with E-state index in [1.165, 1.54) is 6.42 Å². The number of morpholine rings is 1. The molecule has 2 saturated carbocycles. The van der Waals surface area contributed by atoms with E-state index >= 15 is 0 Å². The Morgan fingerprint density at radius 1 is 1.36 bits per heavy atom. The number of alkyl halides is 3. The summed E-state index contributed by atoms with van der Waals surface area (Å²) < 4.78 is 44.8. The van der Waals surface area contributed by atoms with Crippen LogP contribution in [0.15, 0.2) is 12.3 Å². The van der Waals surface area contributed by atoms with Crippen molar-refractivity contribution in [2.24, 2.45) is 11.8 Å². The Labute approximate surface area is 161 Å². The summed E-state index contributed by atoms with van der Waals surface area (Å²) in [5.74, 6) is 1.08. The van der Waals surface area contributed by atoms with Crippen molar-refractivity contribution in [2.45, 2.75) is 63.5 Å². The number of ether oxygens (including phenoxy) is 1. The number of rotatable bonds is 2. The summed E-state index contributed by atoms with van der Waals surface area (Å²) in [6, 6.07) is 0.494. The second-order valence-corrected chi connectivity index (χ2v) is 8.88. The highest BCUT2D eigenvalue weighted by Crippen LogP contribution is 2.55. The van der Waals surface area contributed by atoms with E-state index < -0.39 is 17.5 Å². The molecule has 1 saturated heterocycles. The van der Waals surface area contributed by atoms with Crippen LogP contribution in [0.1, 0.15) is 51.0 Å². The van der Waals surface area contributed by atoms with Gasteiger partial charge in [-0.15, -0.1) is 0 Å². The summed E-state index contributed by atoms with van der Waals surface area (Å²) in [7, 11) is 0. The van der Waals surface area contributed by atoms with E-state index in [0.29, 0.717) is 24.9 Å². The summed E-state index contributed by atoms with van der Waals surface area (Å²) in [5.41, 5.74) is -1.78. The lowest BCUT2D eigenvalue weighted by atomic mass is 9.81. The van der Waals surface area contributed by atoms with E-state index in [1.54, 1.807) is 4.90 Å². The number of hydrogen-bond donors (Lipinski definition) is 1. The zero-order valence-corrected chi connectivity index (χ0v) is 16.1. The maximum Gasteiger partial charge on any atom is 0.433 e. The number of amides is 2. The van der Waals surface area contributed by atoms with Gasteiger partial charge in [0.2, 0.25) is 0 Å².